The van der Waals surface area contributed by atoms with Gasteiger partial charge in [-0.2, -0.15) is 0 Å². The molecule has 0 fully saturated rings. The zero-order valence-electron chi connectivity index (χ0n) is 10.6. The summed E-state index contributed by atoms with van der Waals surface area (Å²) in [5.74, 6) is -0.0976. The predicted molar refractivity (Wildman–Crippen MR) is 72.1 cm³/mol. The van der Waals surface area contributed by atoms with E-state index >= 15 is 0 Å². The van der Waals surface area contributed by atoms with Crippen molar-refractivity contribution in [3.63, 3.8) is 0 Å². The van der Waals surface area contributed by atoms with Crippen LogP contribution in [0, 0.1) is 6.92 Å². The molecule has 0 atom stereocenters. The first-order chi connectivity index (χ1) is 7.79. The fraction of sp³-hybridized carbons (Fsp3) is 0.462. The average molecular weight is 300 g/mol. The number of halogens is 1. The van der Waals surface area contributed by atoms with Crippen LogP contribution in [0.2, 0.25) is 0 Å². The Morgan fingerprint density at radius 3 is 2.59 bits per heavy atom. The van der Waals surface area contributed by atoms with Gasteiger partial charge in [0, 0.05) is 11.5 Å². The Balaban J connectivity index is 3.08. The van der Waals surface area contributed by atoms with E-state index in [1.165, 1.54) is 0 Å². The van der Waals surface area contributed by atoms with Crippen LogP contribution in [-0.4, -0.2) is 35.1 Å². The minimum Gasteiger partial charge on any atom is -0.394 e. The summed E-state index contributed by atoms with van der Waals surface area (Å²) in [6, 6.07) is 5.65. The molecule has 0 spiro atoms. The molecule has 0 radical (unpaired) electrons. The molecule has 3 nitrogen and oxygen atoms in total. The zero-order chi connectivity index (χ0) is 13.2. The summed E-state index contributed by atoms with van der Waals surface area (Å²) in [6.07, 6.45) is 0. The number of aliphatic hydroxyl groups is 1. The molecule has 1 aromatic rings. The number of aryl methyl sites for hydroxylation is 1. The van der Waals surface area contributed by atoms with Gasteiger partial charge in [-0.15, -0.1) is 0 Å². The van der Waals surface area contributed by atoms with E-state index in [4.69, 9.17) is 0 Å². The van der Waals surface area contributed by atoms with Crippen LogP contribution in [0.5, 0.6) is 0 Å². The molecule has 0 saturated carbocycles. The van der Waals surface area contributed by atoms with Gasteiger partial charge in [-0.3, -0.25) is 4.79 Å². The lowest BCUT2D eigenvalue weighted by Crippen LogP contribution is -2.47. The van der Waals surface area contributed by atoms with Gasteiger partial charge in [-0.1, -0.05) is 11.6 Å². The second kappa shape index (κ2) is 5.19. The van der Waals surface area contributed by atoms with E-state index in [2.05, 4.69) is 15.9 Å². The molecular formula is C13H18BrNO2. The summed E-state index contributed by atoms with van der Waals surface area (Å²) < 4.78 is 0.772. The number of hydrogen-bond donors (Lipinski definition) is 1. The molecule has 0 aliphatic heterocycles. The van der Waals surface area contributed by atoms with E-state index in [1.807, 2.05) is 39.0 Å². The summed E-state index contributed by atoms with van der Waals surface area (Å²) in [4.78, 5) is 13.9. The van der Waals surface area contributed by atoms with Crippen LogP contribution in [0.3, 0.4) is 0 Å². The van der Waals surface area contributed by atoms with Crippen LogP contribution in [0.1, 0.15) is 29.8 Å². The maximum atomic E-state index is 12.3. The minimum atomic E-state index is -0.569. The number of hydrogen-bond acceptors (Lipinski definition) is 2. The lowest BCUT2D eigenvalue weighted by molar-refractivity contribution is 0.0472. The van der Waals surface area contributed by atoms with Gasteiger partial charge in [0.2, 0.25) is 0 Å². The van der Waals surface area contributed by atoms with E-state index in [0.717, 1.165) is 10.0 Å². The quantitative estimate of drug-likeness (QED) is 0.932. The number of likely N-dealkylation sites (N-methyl/N-ethyl adjacent to an activating group) is 1. The number of carbonyl (C=O) groups excluding carboxylic acids is 1. The third-order valence-corrected chi connectivity index (χ3v) is 3.64. The third-order valence-electron chi connectivity index (χ3n) is 2.95. The van der Waals surface area contributed by atoms with E-state index in [1.54, 1.807) is 11.9 Å². The maximum absolute atomic E-state index is 12.3. The molecule has 1 aromatic carbocycles. The highest BCUT2D eigenvalue weighted by Crippen LogP contribution is 2.22. The van der Waals surface area contributed by atoms with Crippen molar-refractivity contribution < 1.29 is 9.90 Å². The molecule has 4 heteroatoms. The molecule has 0 unspecified atom stereocenters. The number of amides is 1. The Morgan fingerprint density at radius 2 is 2.06 bits per heavy atom. The molecule has 1 N–H and O–H groups in total. The Labute approximate surface area is 111 Å². The molecule has 0 aliphatic rings. The molecule has 0 aliphatic carbocycles. The van der Waals surface area contributed by atoms with Crippen LogP contribution in [-0.2, 0) is 0 Å². The standard InChI is InChI=1S/C13H18BrNO2/c1-9-5-6-11(14)10(7-9)12(17)15(4)13(2,3)8-16/h5-7,16H,8H2,1-4H3. The summed E-state index contributed by atoms with van der Waals surface area (Å²) >= 11 is 3.38. The topological polar surface area (TPSA) is 40.5 Å². The van der Waals surface area contributed by atoms with Gasteiger partial charge >= 0.3 is 0 Å². The van der Waals surface area contributed by atoms with Crippen molar-refractivity contribution in [3.8, 4) is 0 Å². The lowest BCUT2D eigenvalue weighted by atomic mass is 10.0. The largest absolute Gasteiger partial charge is 0.394 e. The van der Waals surface area contributed by atoms with Crippen LogP contribution >= 0.6 is 15.9 Å². The van der Waals surface area contributed by atoms with Gasteiger partial charge in [-0.05, 0) is 48.8 Å². The molecule has 0 aromatic heterocycles. The number of nitrogens with zero attached hydrogens (tertiary/aromatic N) is 1. The summed E-state index contributed by atoms with van der Waals surface area (Å²) in [6.45, 7) is 5.53. The highest BCUT2D eigenvalue weighted by atomic mass is 79.9. The Hall–Kier alpha value is -0.870. The van der Waals surface area contributed by atoms with Crippen LogP contribution in [0.25, 0.3) is 0 Å². The van der Waals surface area contributed by atoms with Crippen molar-refractivity contribution in [2.75, 3.05) is 13.7 Å². The second-order valence-corrected chi connectivity index (χ2v) is 5.67. The molecule has 0 bridgehead atoms. The first kappa shape index (κ1) is 14.2. The summed E-state index contributed by atoms with van der Waals surface area (Å²) in [5, 5.41) is 9.28. The molecule has 0 saturated heterocycles. The fourth-order valence-electron chi connectivity index (χ4n) is 1.36. The lowest BCUT2D eigenvalue weighted by Gasteiger charge is -2.34. The Kier molecular flexibility index (Phi) is 4.33. The van der Waals surface area contributed by atoms with Crippen molar-refractivity contribution in [2.24, 2.45) is 0 Å². The van der Waals surface area contributed by atoms with Gasteiger partial charge in [0.15, 0.2) is 0 Å². The Morgan fingerprint density at radius 1 is 1.47 bits per heavy atom. The normalized spacial score (nSPS) is 11.4. The Bertz CT molecular complexity index is 429. The third kappa shape index (κ3) is 3.07. The van der Waals surface area contributed by atoms with Gasteiger partial charge in [0.25, 0.3) is 5.91 Å². The van der Waals surface area contributed by atoms with Crippen LogP contribution in [0.15, 0.2) is 22.7 Å². The number of benzene rings is 1. The van der Waals surface area contributed by atoms with Crippen molar-refractivity contribution in [2.45, 2.75) is 26.3 Å². The SMILES string of the molecule is Cc1ccc(Br)c(C(=O)N(C)C(C)(C)CO)c1. The van der Waals surface area contributed by atoms with Gasteiger partial charge < -0.3 is 10.0 Å². The van der Waals surface area contributed by atoms with Gasteiger partial charge in [0.1, 0.15) is 0 Å². The summed E-state index contributed by atoms with van der Waals surface area (Å²) in [5.41, 5.74) is 1.08. The van der Waals surface area contributed by atoms with Crippen molar-refractivity contribution in [3.05, 3.63) is 33.8 Å². The van der Waals surface area contributed by atoms with Crippen molar-refractivity contribution >= 4 is 21.8 Å². The second-order valence-electron chi connectivity index (χ2n) is 4.82. The van der Waals surface area contributed by atoms with Crippen LogP contribution < -0.4 is 0 Å². The number of rotatable bonds is 3. The molecule has 0 heterocycles. The highest BCUT2D eigenvalue weighted by molar-refractivity contribution is 9.10. The molecule has 17 heavy (non-hydrogen) atoms. The first-order valence-corrected chi connectivity index (χ1v) is 6.24. The molecular weight excluding hydrogens is 282 g/mol. The highest BCUT2D eigenvalue weighted by Gasteiger charge is 2.28. The van der Waals surface area contributed by atoms with E-state index < -0.39 is 5.54 Å². The monoisotopic (exact) mass is 299 g/mol. The predicted octanol–water partition coefficient (Wildman–Crippen LogP) is 2.60. The van der Waals surface area contributed by atoms with Gasteiger partial charge in [0.05, 0.1) is 17.7 Å². The van der Waals surface area contributed by atoms with E-state index in [-0.39, 0.29) is 12.5 Å². The summed E-state index contributed by atoms with van der Waals surface area (Å²) in [7, 11) is 1.70. The molecule has 94 valence electrons. The van der Waals surface area contributed by atoms with E-state index in [0.29, 0.717) is 5.56 Å². The average Bonchev–Trinajstić information content (AvgIpc) is 2.30. The zero-order valence-corrected chi connectivity index (χ0v) is 12.2. The van der Waals surface area contributed by atoms with Gasteiger partial charge in [-0.25, -0.2) is 0 Å². The number of carbonyl (C=O) groups is 1. The van der Waals surface area contributed by atoms with Crippen LogP contribution in [0.4, 0.5) is 0 Å². The molecule has 1 amide bonds. The fourth-order valence-corrected chi connectivity index (χ4v) is 1.78. The first-order valence-electron chi connectivity index (χ1n) is 5.45. The van der Waals surface area contributed by atoms with E-state index in [9.17, 15) is 9.90 Å². The van der Waals surface area contributed by atoms with Crippen molar-refractivity contribution in [1.29, 1.82) is 0 Å². The minimum absolute atomic E-state index is 0.0708. The van der Waals surface area contributed by atoms with Crippen molar-refractivity contribution in [1.82, 2.24) is 4.90 Å². The number of aliphatic hydroxyl groups excluding tert-OH is 1. The maximum Gasteiger partial charge on any atom is 0.255 e. The smallest absolute Gasteiger partial charge is 0.255 e. The molecule has 1 rings (SSSR count).